The molecule has 0 aromatic rings. The average molecular weight is 242 g/mol. The Labute approximate surface area is 104 Å². The fourth-order valence-corrected chi connectivity index (χ4v) is 2.08. The number of hydrogen-bond acceptors (Lipinski definition) is 3. The molecule has 0 aromatic carbocycles. The number of carbonyl (C=O) groups is 1. The molecular formula is C13H26N2O2. The second-order valence-electron chi connectivity index (χ2n) is 5.27. The molecular weight excluding hydrogens is 216 g/mol. The molecule has 0 saturated heterocycles. The minimum absolute atomic E-state index is 0.00845. The Balaban J connectivity index is 2.15. The molecule has 0 heterocycles. The number of amides is 1. The lowest BCUT2D eigenvalue weighted by molar-refractivity contribution is -0.121. The van der Waals surface area contributed by atoms with Crippen LogP contribution in [0.3, 0.4) is 0 Å². The molecule has 3 N–H and O–H groups in total. The number of methoxy groups -OCH3 is 1. The van der Waals surface area contributed by atoms with Crippen molar-refractivity contribution in [3.05, 3.63) is 0 Å². The molecule has 1 unspecified atom stereocenters. The topological polar surface area (TPSA) is 64.4 Å². The Morgan fingerprint density at radius 1 is 1.53 bits per heavy atom. The number of nitrogens with one attached hydrogen (secondary N) is 1. The predicted octanol–water partition coefficient (Wildman–Crippen LogP) is 1.44. The van der Waals surface area contributed by atoms with Gasteiger partial charge in [0, 0.05) is 32.7 Å². The summed E-state index contributed by atoms with van der Waals surface area (Å²) < 4.78 is 5.09. The molecule has 0 radical (unpaired) electrons. The van der Waals surface area contributed by atoms with Crippen LogP contribution in [0.25, 0.3) is 0 Å². The third-order valence-corrected chi connectivity index (χ3v) is 3.56. The lowest BCUT2D eigenvalue weighted by Gasteiger charge is -2.16. The van der Waals surface area contributed by atoms with Crippen LogP contribution < -0.4 is 11.1 Å². The first-order valence-corrected chi connectivity index (χ1v) is 6.63. The highest BCUT2D eigenvalue weighted by Crippen LogP contribution is 2.48. The van der Waals surface area contributed by atoms with Crippen molar-refractivity contribution in [1.29, 1.82) is 0 Å². The molecule has 1 fully saturated rings. The van der Waals surface area contributed by atoms with Crippen LogP contribution in [-0.4, -0.2) is 32.2 Å². The third-order valence-electron chi connectivity index (χ3n) is 3.56. The average Bonchev–Trinajstić information content (AvgIpc) is 3.05. The van der Waals surface area contributed by atoms with Crippen molar-refractivity contribution < 1.29 is 9.53 Å². The van der Waals surface area contributed by atoms with Crippen molar-refractivity contribution >= 4 is 5.91 Å². The minimum atomic E-state index is 0.00845. The summed E-state index contributed by atoms with van der Waals surface area (Å²) in [5.41, 5.74) is 6.16. The summed E-state index contributed by atoms with van der Waals surface area (Å²) in [6, 6.07) is 0.00845. The van der Waals surface area contributed by atoms with Crippen LogP contribution in [0.15, 0.2) is 0 Å². The van der Waals surface area contributed by atoms with E-state index in [1.54, 1.807) is 7.11 Å². The van der Waals surface area contributed by atoms with Gasteiger partial charge >= 0.3 is 0 Å². The maximum atomic E-state index is 11.7. The highest BCUT2D eigenvalue weighted by Gasteiger charge is 2.42. The summed E-state index contributed by atoms with van der Waals surface area (Å²) in [6.45, 7) is 3.65. The first-order chi connectivity index (χ1) is 8.12. The van der Waals surface area contributed by atoms with Gasteiger partial charge in [0.05, 0.1) is 0 Å². The van der Waals surface area contributed by atoms with E-state index in [1.165, 1.54) is 12.8 Å². The van der Waals surface area contributed by atoms with Crippen LogP contribution in [0.4, 0.5) is 0 Å². The molecule has 0 spiro atoms. The Morgan fingerprint density at radius 3 is 2.76 bits per heavy atom. The largest absolute Gasteiger partial charge is 0.385 e. The minimum Gasteiger partial charge on any atom is -0.385 e. The number of ether oxygens (including phenoxy) is 1. The van der Waals surface area contributed by atoms with Gasteiger partial charge in [-0.1, -0.05) is 13.3 Å². The van der Waals surface area contributed by atoms with Crippen LogP contribution in [0.1, 0.15) is 45.4 Å². The quantitative estimate of drug-likeness (QED) is 0.643. The number of rotatable bonds is 9. The molecule has 100 valence electrons. The molecule has 1 amide bonds. The highest BCUT2D eigenvalue weighted by molar-refractivity contribution is 5.76. The lowest BCUT2D eigenvalue weighted by atomic mass is 10.0. The van der Waals surface area contributed by atoms with E-state index in [0.717, 1.165) is 32.4 Å². The van der Waals surface area contributed by atoms with Crippen molar-refractivity contribution in [2.75, 3.05) is 20.3 Å². The predicted molar refractivity (Wildman–Crippen MR) is 68.7 cm³/mol. The van der Waals surface area contributed by atoms with Crippen molar-refractivity contribution in [2.45, 2.75) is 51.5 Å². The summed E-state index contributed by atoms with van der Waals surface area (Å²) in [5.74, 6) is 0.0923. The maximum absolute atomic E-state index is 11.7. The molecule has 1 aliphatic rings. The third kappa shape index (κ3) is 5.50. The fourth-order valence-electron chi connectivity index (χ4n) is 2.08. The van der Waals surface area contributed by atoms with E-state index in [9.17, 15) is 4.79 Å². The van der Waals surface area contributed by atoms with Gasteiger partial charge in [0.1, 0.15) is 0 Å². The van der Waals surface area contributed by atoms with Crippen LogP contribution in [0.5, 0.6) is 0 Å². The van der Waals surface area contributed by atoms with Crippen molar-refractivity contribution in [3.63, 3.8) is 0 Å². The zero-order valence-electron chi connectivity index (χ0n) is 11.1. The normalized spacial score (nSPS) is 18.8. The molecule has 0 bridgehead atoms. The van der Waals surface area contributed by atoms with Crippen LogP contribution in [0.2, 0.25) is 0 Å². The number of hydrogen-bond donors (Lipinski definition) is 2. The second kappa shape index (κ2) is 6.97. The monoisotopic (exact) mass is 242 g/mol. The van der Waals surface area contributed by atoms with Crippen LogP contribution >= 0.6 is 0 Å². The van der Waals surface area contributed by atoms with Crippen molar-refractivity contribution in [1.82, 2.24) is 5.32 Å². The van der Waals surface area contributed by atoms with Gasteiger partial charge in [-0.15, -0.1) is 0 Å². The van der Waals surface area contributed by atoms with E-state index >= 15 is 0 Å². The second-order valence-corrected chi connectivity index (χ2v) is 5.27. The number of nitrogens with two attached hydrogens (primary N) is 1. The van der Waals surface area contributed by atoms with Gasteiger partial charge in [0.25, 0.3) is 0 Å². The van der Waals surface area contributed by atoms with E-state index in [2.05, 4.69) is 12.2 Å². The van der Waals surface area contributed by atoms with Gasteiger partial charge in [-0.3, -0.25) is 4.79 Å². The zero-order chi connectivity index (χ0) is 12.7. The molecule has 4 heteroatoms. The first kappa shape index (κ1) is 14.5. The van der Waals surface area contributed by atoms with Gasteiger partial charge in [0.15, 0.2) is 0 Å². The van der Waals surface area contributed by atoms with E-state index < -0.39 is 0 Å². The Morgan fingerprint density at radius 2 is 2.24 bits per heavy atom. The Hall–Kier alpha value is -0.610. The molecule has 1 rings (SSSR count). The van der Waals surface area contributed by atoms with E-state index in [-0.39, 0.29) is 11.9 Å². The molecule has 1 saturated carbocycles. The van der Waals surface area contributed by atoms with E-state index in [0.29, 0.717) is 11.8 Å². The molecule has 4 nitrogen and oxygen atoms in total. The summed E-state index contributed by atoms with van der Waals surface area (Å²) in [4.78, 5) is 11.7. The summed E-state index contributed by atoms with van der Waals surface area (Å²) in [5, 5.41) is 3.01. The smallest absolute Gasteiger partial charge is 0.221 e. The van der Waals surface area contributed by atoms with Gasteiger partial charge in [0.2, 0.25) is 5.91 Å². The summed E-state index contributed by atoms with van der Waals surface area (Å²) >= 11 is 0. The van der Waals surface area contributed by atoms with Gasteiger partial charge < -0.3 is 15.8 Å². The summed E-state index contributed by atoms with van der Waals surface area (Å²) in [7, 11) is 1.72. The lowest BCUT2D eigenvalue weighted by Crippen LogP contribution is -2.35. The van der Waals surface area contributed by atoms with E-state index in [4.69, 9.17) is 10.5 Å². The van der Waals surface area contributed by atoms with Gasteiger partial charge in [-0.25, -0.2) is 0 Å². The fraction of sp³-hybridized carbons (Fsp3) is 0.923. The van der Waals surface area contributed by atoms with Crippen molar-refractivity contribution in [2.24, 2.45) is 11.1 Å². The molecule has 17 heavy (non-hydrogen) atoms. The van der Waals surface area contributed by atoms with Gasteiger partial charge in [-0.2, -0.15) is 0 Å². The molecule has 1 atom stereocenters. The standard InChI is InChI=1S/C13H26N2O2/c1-3-4-11(14)9-12(16)15-10-13(5-6-13)7-8-17-2/h11H,3-10,14H2,1-2H3,(H,15,16). The molecule has 1 aliphatic carbocycles. The van der Waals surface area contributed by atoms with E-state index in [1.807, 2.05) is 0 Å². The maximum Gasteiger partial charge on any atom is 0.221 e. The van der Waals surface area contributed by atoms with Gasteiger partial charge in [-0.05, 0) is 31.1 Å². The first-order valence-electron chi connectivity index (χ1n) is 6.63. The van der Waals surface area contributed by atoms with Crippen LogP contribution in [0, 0.1) is 5.41 Å². The Kier molecular flexibility index (Phi) is 5.92. The molecule has 0 aliphatic heterocycles. The highest BCUT2D eigenvalue weighted by atomic mass is 16.5. The SMILES string of the molecule is CCCC(N)CC(=O)NCC1(CCOC)CC1. The van der Waals surface area contributed by atoms with Crippen LogP contribution in [-0.2, 0) is 9.53 Å². The molecule has 0 aromatic heterocycles. The van der Waals surface area contributed by atoms with Crippen molar-refractivity contribution in [3.8, 4) is 0 Å². The summed E-state index contributed by atoms with van der Waals surface area (Å²) in [6.07, 6.45) is 5.86. The number of carbonyl (C=O) groups excluding carboxylic acids is 1. The zero-order valence-corrected chi connectivity index (χ0v) is 11.1. The Bertz CT molecular complexity index is 240.